The largest absolute Gasteiger partial charge is 0.444 e. The molecule has 0 aliphatic heterocycles. The Bertz CT molecular complexity index is 472. The maximum absolute atomic E-state index is 11.5. The Balaban J connectivity index is 2.76. The SMILES string of the molecule is CC(C)(C)OC(=O)Nc1ccc(C#N)cc1I. The Morgan fingerprint density at radius 2 is 2.12 bits per heavy atom. The monoisotopic (exact) mass is 344 g/mol. The van der Waals surface area contributed by atoms with Gasteiger partial charge in [-0.3, -0.25) is 5.32 Å². The quantitative estimate of drug-likeness (QED) is 0.793. The summed E-state index contributed by atoms with van der Waals surface area (Å²) in [6.07, 6.45) is -0.500. The first kappa shape index (κ1) is 13.8. The summed E-state index contributed by atoms with van der Waals surface area (Å²) in [7, 11) is 0. The number of hydrogen-bond acceptors (Lipinski definition) is 3. The first-order chi connectivity index (χ1) is 7.81. The van der Waals surface area contributed by atoms with Gasteiger partial charge < -0.3 is 4.74 Å². The van der Waals surface area contributed by atoms with Crippen LogP contribution in [0.2, 0.25) is 0 Å². The average Bonchev–Trinajstić information content (AvgIpc) is 2.18. The summed E-state index contributed by atoms with van der Waals surface area (Å²) in [5.74, 6) is 0. The van der Waals surface area contributed by atoms with Crippen LogP contribution in [-0.2, 0) is 4.74 Å². The predicted octanol–water partition coefficient (Wildman–Crippen LogP) is 3.51. The van der Waals surface area contributed by atoms with Crippen LogP contribution in [0, 0.1) is 14.9 Å². The second kappa shape index (κ2) is 5.36. The van der Waals surface area contributed by atoms with Crippen LogP contribution in [0.5, 0.6) is 0 Å². The van der Waals surface area contributed by atoms with Gasteiger partial charge >= 0.3 is 6.09 Å². The van der Waals surface area contributed by atoms with Crippen LogP contribution in [0.15, 0.2) is 18.2 Å². The van der Waals surface area contributed by atoms with Crippen molar-refractivity contribution in [2.75, 3.05) is 5.32 Å². The number of ether oxygens (including phenoxy) is 1. The lowest BCUT2D eigenvalue weighted by molar-refractivity contribution is 0.0636. The Morgan fingerprint density at radius 1 is 1.47 bits per heavy atom. The fourth-order valence-corrected chi connectivity index (χ4v) is 1.75. The van der Waals surface area contributed by atoms with Gasteiger partial charge in [-0.2, -0.15) is 5.26 Å². The molecule has 4 nitrogen and oxygen atoms in total. The summed E-state index contributed by atoms with van der Waals surface area (Å²) in [6.45, 7) is 5.41. The van der Waals surface area contributed by atoms with Crippen molar-refractivity contribution in [2.24, 2.45) is 0 Å². The third-order valence-electron chi connectivity index (χ3n) is 1.73. The number of rotatable bonds is 1. The number of halogens is 1. The van der Waals surface area contributed by atoms with Gasteiger partial charge in [0.1, 0.15) is 5.60 Å². The maximum atomic E-state index is 11.5. The summed E-state index contributed by atoms with van der Waals surface area (Å²) in [4.78, 5) is 11.5. The molecular formula is C12H13IN2O2. The summed E-state index contributed by atoms with van der Waals surface area (Å²) in [5.41, 5.74) is 0.672. The van der Waals surface area contributed by atoms with Crippen molar-refractivity contribution >= 4 is 34.4 Å². The van der Waals surface area contributed by atoms with Crippen molar-refractivity contribution in [1.29, 1.82) is 5.26 Å². The van der Waals surface area contributed by atoms with Gasteiger partial charge in [0, 0.05) is 3.57 Å². The second-order valence-electron chi connectivity index (χ2n) is 4.43. The Labute approximate surface area is 114 Å². The number of anilines is 1. The molecule has 0 unspecified atom stereocenters. The number of nitrogens with zero attached hydrogens (tertiary/aromatic N) is 1. The summed E-state index contributed by atoms with van der Waals surface area (Å²) in [6, 6.07) is 7.07. The van der Waals surface area contributed by atoms with E-state index in [-0.39, 0.29) is 0 Å². The number of carbonyl (C=O) groups is 1. The number of nitrogens with one attached hydrogen (secondary N) is 1. The van der Waals surface area contributed by atoms with Gasteiger partial charge in [0.2, 0.25) is 0 Å². The van der Waals surface area contributed by atoms with E-state index in [9.17, 15) is 4.79 Å². The zero-order valence-electron chi connectivity index (χ0n) is 9.87. The lowest BCUT2D eigenvalue weighted by Crippen LogP contribution is -2.27. The zero-order valence-corrected chi connectivity index (χ0v) is 12.0. The molecule has 17 heavy (non-hydrogen) atoms. The molecule has 0 heterocycles. The smallest absolute Gasteiger partial charge is 0.412 e. The van der Waals surface area contributed by atoms with Gasteiger partial charge in [-0.25, -0.2) is 4.79 Å². The van der Waals surface area contributed by atoms with Gasteiger partial charge in [-0.05, 0) is 61.6 Å². The normalized spacial score (nSPS) is 10.5. The van der Waals surface area contributed by atoms with E-state index in [0.29, 0.717) is 11.3 Å². The van der Waals surface area contributed by atoms with E-state index in [4.69, 9.17) is 10.00 Å². The molecule has 1 amide bonds. The van der Waals surface area contributed by atoms with Crippen molar-refractivity contribution in [3.05, 3.63) is 27.3 Å². The molecule has 0 saturated carbocycles. The van der Waals surface area contributed by atoms with Crippen molar-refractivity contribution < 1.29 is 9.53 Å². The van der Waals surface area contributed by atoms with E-state index in [1.165, 1.54) is 0 Å². The highest BCUT2D eigenvalue weighted by atomic mass is 127. The van der Waals surface area contributed by atoms with E-state index in [0.717, 1.165) is 3.57 Å². The van der Waals surface area contributed by atoms with Crippen LogP contribution < -0.4 is 5.32 Å². The van der Waals surface area contributed by atoms with Crippen molar-refractivity contribution in [3.8, 4) is 6.07 Å². The van der Waals surface area contributed by atoms with E-state index in [1.807, 2.05) is 6.07 Å². The molecule has 0 radical (unpaired) electrons. The summed E-state index contributed by atoms with van der Waals surface area (Å²) < 4.78 is 5.93. The Kier molecular flexibility index (Phi) is 4.34. The molecule has 0 atom stereocenters. The van der Waals surface area contributed by atoms with Gasteiger partial charge in [-0.1, -0.05) is 0 Å². The van der Waals surface area contributed by atoms with Crippen molar-refractivity contribution in [3.63, 3.8) is 0 Å². The van der Waals surface area contributed by atoms with E-state index in [2.05, 4.69) is 27.9 Å². The fraction of sp³-hybridized carbons (Fsp3) is 0.333. The van der Waals surface area contributed by atoms with Crippen LogP contribution in [0.3, 0.4) is 0 Å². The predicted molar refractivity (Wildman–Crippen MR) is 73.7 cm³/mol. The summed E-state index contributed by atoms with van der Waals surface area (Å²) in [5, 5.41) is 11.4. The second-order valence-corrected chi connectivity index (χ2v) is 5.60. The molecule has 0 aromatic heterocycles. The standard InChI is InChI=1S/C12H13IN2O2/c1-12(2,3)17-11(16)15-10-5-4-8(7-14)6-9(10)13/h4-6H,1-3H3,(H,15,16). The molecule has 1 rings (SSSR count). The number of amides is 1. The fourth-order valence-electron chi connectivity index (χ4n) is 1.10. The van der Waals surface area contributed by atoms with E-state index in [1.54, 1.807) is 39.0 Å². The molecule has 0 saturated heterocycles. The number of benzene rings is 1. The first-order valence-corrected chi connectivity index (χ1v) is 6.09. The summed E-state index contributed by atoms with van der Waals surface area (Å²) >= 11 is 2.06. The maximum Gasteiger partial charge on any atom is 0.412 e. The minimum atomic E-state index is -0.526. The number of hydrogen-bond donors (Lipinski definition) is 1. The number of nitriles is 1. The Morgan fingerprint density at radius 3 is 2.59 bits per heavy atom. The van der Waals surface area contributed by atoms with Crippen LogP contribution >= 0.6 is 22.6 Å². The first-order valence-electron chi connectivity index (χ1n) is 5.01. The molecule has 1 aromatic carbocycles. The average molecular weight is 344 g/mol. The Hall–Kier alpha value is -1.29. The third kappa shape index (κ3) is 4.61. The van der Waals surface area contributed by atoms with Gasteiger partial charge in [0.25, 0.3) is 0 Å². The molecular weight excluding hydrogens is 331 g/mol. The highest BCUT2D eigenvalue weighted by Gasteiger charge is 2.16. The lowest BCUT2D eigenvalue weighted by atomic mass is 10.2. The zero-order chi connectivity index (χ0) is 13.1. The number of carbonyl (C=O) groups excluding carboxylic acids is 1. The molecule has 1 N–H and O–H groups in total. The molecule has 90 valence electrons. The van der Waals surface area contributed by atoms with Crippen LogP contribution in [0.25, 0.3) is 0 Å². The van der Waals surface area contributed by atoms with E-state index >= 15 is 0 Å². The van der Waals surface area contributed by atoms with Gasteiger partial charge in [-0.15, -0.1) is 0 Å². The van der Waals surface area contributed by atoms with Crippen LogP contribution in [0.4, 0.5) is 10.5 Å². The van der Waals surface area contributed by atoms with Crippen LogP contribution in [0.1, 0.15) is 26.3 Å². The molecule has 0 bridgehead atoms. The van der Waals surface area contributed by atoms with Crippen molar-refractivity contribution in [1.82, 2.24) is 0 Å². The minimum absolute atomic E-state index is 0.500. The molecule has 0 aliphatic rings. The molecule has 1 aromatic rings. The highest BCUT2D eigenvalue weighted by molar-refractivity contribution is 14.1. The minimum Gasteiger partial charge on any atom is -0.444 e. The van der Waals surface area contributed by atoms with Crippen molar-refractivity contribution in [2.45, 2.75) is 26.4 Å². The van der Waals surface area contributed by atoms with Gasteiger partial charge in [0.15, 0.2) is 0 Å². The molecule has 0 spiro atoms. The lowest BCUT2D eigenvalue weighted by Gasteiger charge is -2.20. The third-order valence-corrected chi connectivity index (χ3v) is 2.63. The van der Waals surface area contributed by atoms with Crippen LogP contribution in [-0.4, -0.2) is 11.7 Å². The molecule has 0 fully saturated rings. The van der Waals surface area contributed by atoms with E-state index < -0.39 is 11.7 Å². The highest BCUT2D eigenvalue weighted by Crippen LogP contribution is 2.20. The topological polar surface area (TPSA) is 62.1 Å². The molecule has 0 aliphatic carbocycles. The van der Waals surface area contributed by atoms with Gasteiger partial charge in [0.05, 0.1) is 17.3 Å². The molecule has 5 heteroatoms.